The highest BCUT2D eigenvalue weighted by Crippen LogP contribution is 2.31. The standard InChI is InChI=1S/C11H14FN/c1-11(12)7-10(13-8-11)9-5-3-2-4-6-9/h2-6,10,13H,7-8H2,1H3. The van der Waals surface area contributed by atoms with E-state index in [1.54, 1.807) is 6.92 Å². The SMILES string of the molecule is CC1(F)CNC(c2ccccc2)C1. The van der Waals surface area contributed by atoms with Gasteiger partial charge in [0, 0.05) is 19.0 Å². The molecule has 1 aliphatic heterocycles. The first-order chi connectivity index (χ1) is 6.17. The summed E-state index contributed by atoms with van der Waals surface area (Å²) < 4.78 is 13.5. The largest absolute Gasteiger partial charge is 0.307 e. The lowest BCUT2D eigenvalue weighted by molar-refractivity contribution is 0.214. The van der Waals surface area contributed by atoms with E-state index < -0.39 is 5.67 Å². The fourth-order valence-corrected chi connectivity index (χ4v) is 1.83. The fraction of sp³-hybridized carbons (Fsp3) is 0.455. The van der Waals surface area contributed by atoms with Gasteiger partial charge in [-0.25, -0.2) is 4.39 Å². The number of nitrogens with one attached hydrogen (secondary N) is 1. The molecule has 1 N–H and O–H groups in total. The Labute approximate surface area is 78.0 Å². The lowest BCUT2D eigenvalue weighted by Crippen LogP contribution is -2.20. The van der Waals surface area contributed by atoms with Crippen LogP contribution in [0.4, 0.5) is 4.39 Å². The molecule has 1 saturated heterocycles. The second kappa shape index (κ2) is 3.11. The van der Waals surface area contributed by atoms with Crippen LogP contribution in [0.25, 0.3) is 0 Å². The summed E-state index contributed by atoms with van der Waals surface area (Å²) in [6.07, 6.45) is 0.580. The molecule has 13 heavy (non-hydrogen) atoms. The van der Waals surface area contributed by atoms with Crippen LogP contribution >= 0.6 is 0 Å². The van der Waals surface area contributed by atoms with Crippen LogP contribution in [0.3, 0.4) is 0 Å². The van der Waals surface area contributed by atoms with Gasteiger partial charge >= 0.3 is 0 Å². The molecular weight excluding hydrogens is 165 g/mol. The molecule has 0 aromatic heterocycles. The van der Waals surface area contributed by atoms with Crippen LogP contribution in [0.15, 0.2) is 30.3 Å². The molecule has 0 amide bonds. The van der Waals surface area contributed by atoms with Gasteiger partial charge in [0.25, 0.3) is 0 Å². The molecule has 2 heteroatoms. The van der Waals surface area contributed by atoms with Crippen LogP contribution in [-0.2, 0) is 0 Å². The third kappa shape index (κ3) is 1.89. The van der Waals surface area contributed by atoms with Crippen molar-refractivity contribution in [2.24, 2.45) is 0 Å². The van der Waals surface area contributed by atoms with E-state index >= 15 is 0 Å². The lowest BCUT2D eigenvalue weighted by Gasteiger charge is -2.11. The average Bonchev–Trinajstić information content (AvgIpc) is 2.48. The van der Waals surface area contributed by atoms with Crippen molar-refractivity contribution in [1.82, 2.24) is 5.32 Å². The first-order valence-electron chi connectivity index (χ1n) is 4.65. The summed E-state index contributed by atoms with van der Waals surface area (Å²) in [4.78, 5) is 0. The molecule has 1 aliphatic rings. The fourth-order valence-electron chi connectivity index (χ4n) is 1.83. The smallest absolute Gasteiger partial charge is 0.122 e. The van der Waals surface area contributed by atoms with Crippen molar-refractivity contribution in [1.29, 1.82) is 0 Å². The maximum Gasteiger partial charge on any atom is 0.122 e. The minimum atomic E-state index is -1.04. The monoisotopic (exact) mass is 179 g/mol. The molecule has 1 fully saturated rings. The Bertz CT molecular complexity index is 281. The molecule has 1 nitrogen and oxygen atoms in total. The number of alkyl halides is 1. The normalized spacial score (nSPS) is 33.5. The maximum absolute atomic E-state index is 13.5. The van der Waals surface area contributed by atoms with Gasteiger partial charge in [-0.2, -0.15) is 0 Å². The summed E-state index contributed by atoms with van der Waals surface area (Å²) in [7, 11) is 0. The van der Waals surface area contributed by atoms with E-state index in [2.05, 4.69) is 5.32 Å². The highest BCUT2D eigenvalue weighted by atomic mass is 19.1. The van der Waals surface area contributed by atoms with Gasteiger partial charge in [-0.05, 0) is 12.5 Å². The lowest BCUT2D eigenvalue weighted by atomic mass is 10.00. The number of rotatable bonds is 1. The minimum Gasteiger partial charge on any atom is -0.307 e. The Morgan fingerprint density at radius 1 is 1.38 bits per heavy atom. The number of halogens is 1. The Balaban J connectivity index is 2.13. The van der Waals surface area contributed by atoms with Gasteiger partial charge in [0.1, 0.15) is 5.67 Å². The Kier molecular flexibility index (Phi) is 2.08. The van der Waals surface area contributed by atoms with E-state index in [0.29, 0.717) is 13.0 Å². The summed E-state index contributed by atoms with van der Waals surface area (Å²) in [5.74, 6) is 0. The Morgan fingerprint density at radius 3 is 2.62 bits per heavy atom. The van der Waals surface area contributed by atoms with Gasteiger partial charge in [-0.1, -0.05) is 30.3 Å². The van der Waals surface area contributed by atoms with Crippen molar-refractivity contribution < 1.29 is 4.39 Å². The van der Waals surface area contributed by atoms with Crippen LogP contribution in [0.5, 0.6) is 0 Å². The molecule has 70 valence electrons. The van der Waals surface area contributed by atoms with Gasteiger partial charge in [-0.15, -0.1) is 0 Å². The first-order valence-corrected chi connectivity index (χ1v) is 4.65. The molecule has 2 unspecified atom stereocenters. The summed E-state index contributed by atoms with van der Waals surface area (Å²) in [6.45, 7) is 2.12. The predicted molar refractivity (Wildman–Crippen MR) is 51.3 cm³/mol. The summed E-state index contributed by atoms with van der Waals surface area (Å²) >= 11 is 0. The van der Waals surface area contributed by atoms with Crippen LogP contribution in [-0.4, -0.2) is 12.2 Å². The Hall–Kier alpha value is -0.890. The van der Waals surface area contributed by atoms with Gasteiger partial charge in [0.2, 0.25) is 0 Å². The topological polar surface area (TPSA) is 12.0 Å². The number of hydrogen-bond acceptors (Lipinski definition) is 1. The van der Waals surface area contributed by atoms with Crippen LogP contribution in [0, 0.1) is 0 Å². The van der Waals surface area contributed by atoms with Crippen molar-refractivity contribution >= 4 is 0 Å². The van der Waals surface area contributed by atoms with Crippen molar-refractivity contribution in [3.8, 4) is 0 Å². The zero-order chi connectivity index (χ0) is 9.31. The minimum absolute atomic E-state index is 0.191. The quantitative estimate of drug-likeness (QED) is 0.698. The average molecular weight is 179 g/mol. The van der Waals surface area contributed by atoms with Crippen LogP contribution in [0.1, 0.15) is 24.9 Å². The van der Waals surface area contributed by atoms with Crippen molar-refractivity contribution in [3.05, 3.63) is 35.9 Å². The van der Waals surface area contributed by atoms with Crippen molar-refractivity contribution in [3.63, 3.8) is 0 Å². The molecule has 0 bridgehead atoms. The maximum atomic E-state index is 13.5. The first kappa shape index (κ1) is 8.70. The molecule has 2 atom stereocenters. The summed E-state index contributed by atoms with van der Waals surface area (Å²) in [5.41, 5.74) is 0.143. The third-order valence-corrected chi connectivity index (χ3v) is 2.55. The van der Waals surface area contributed by atoms with Crippen molar-refractivity contribution in [2.75, 3.05) is 6.54 Å². The van der Waals surface area contributed by atoms with E-state index in [0.717, 1.165) is 0 Å². The van der Waals surface area contributed by atoms with E-state index in [-0.39, 0.29) is 6.04 Å². The van der Waals surface area contributed by atoms with Crippen LogP contribution in [0.2, 0.25) is 0 Å². The van der Waals surface area contributed by atoms with Gasteiger partial charge in [0.05, 0.1) is 0 Å². The molecule has 2 rings (SSSR count). The predicted octanol–water partition coefficient (Wildman–Crippen LogP) is 2.45. The van der Waals surface area contributed by atoms with E-state index in [9.17, 15) is 4.39 Å². The molecule has 1 heterocycles. The van der Waals surface area contributed by atoms with E-state index in [4.69, 9.17) is 0 Å². The highest BCUT2D eigenvalue weighted by molar-refractivity contribution is 5.21. The van der Waals surface area contributed by atoms with Crippen molar-refractivity contribution in [2.45, 2.75) is 25.1 Å². The number of benzene rings is 1. The molecule has 1 aromatic rings. The van der Waals surface area contributed by atoms with Gasteiger partial charge in [-0.3, -0.25) is 0 Å². The van der Waals surface area contributed by atoms with Gasteiger partial charge < -0.3 is 5.32 Å². The third-order valence-electron chi connectivity index (χ3n) is 2.55. The van der Waals surface area contributed by atoms with Crippen LogP contribution < -0.4 is 5.32 Å². The van der Waals surface area contributed by atoms with E-state index in [1.807, 2.05) is 30.3 Å². The second-order valence-corrected chi connectivity index (χ2v) is 3.96. The molecule has 0 spiro atoms. The Morgan fingerprint density at radius 2 is 2.08 bits per heavy atom. The summed E-state index contributed by atoms with van der Waals surface area (Å²) in [6, 6.07) is 10.2. The summed E-state index contributed by atoms with van der Waals surface area (Å²) in [5, 5.41) is 3.19. The zero-order valence-corrected chi connectivity index (χ0v) is 7.76. The molecule has 1 aromatic carbocycles. The van der Waals surface area contributed by atoms with E-state index in [1.165, 1.54) is 5.56 Å². The molecule has 0 aliphatic carbocycles. The zero-order valence-electron chi connectivity index (χ0n) is 7.76. The van der Waals surface area contributed by atoms with Gasteiger partial charge in [0.15, 0.2) is 0 Å². The molecule has 0 saturated carbocycles. The second-order valence-electron chi connectivity index (χ2n) is 3.96. The highest BCUT2D eigenvalue weighted by Gasteiger charge is 2.34. The number of hydrogen-bond donors (Lipinski definition) is 1. The molecule has 0 radical (unpaired) electrons. The molecular formula is C11H14FN.